The molecule has 2 aromatic heterocycles. The van der Waals surface area contributed by atoms with Crippen LogP contribution < -0.4 is 10.1 Å². The minimum atomic E-state index is -4.77. The molecule has 1 unspecified atom stereocenters. The van der Waals surface area contributed by atoms with Gasteiger partial charge in [0.05, 0.1) is 6.04 Å². The molecule has 0 spiro atoms. The summed E-state index contributed by atoms with van der Waals surface area (Å²) >= 11 is 0. The van der Waals surface area contributed by atoms with Gasteiger partial charge in [0.25, 0.3) is 5.89 Å². The Morgan fingerprint density at radius 2 is 1.80 bits per heavy atom. The molecule has 1 aliphatic heterocycles. The number of nitrogens with zero attached hydrogens (tertiary/aromatic N) is 3. The van der Waals surface area contributed by atoms with Gasteiger partial charge in [0, 0.05) is 22.7 Å². The molecule has 2 N–H and O–H groups in total. The van der Waals surface area contributed by atoms with Gasteiger partial charge in [0.1, 0.15) is 29.7 Å². The summed E-state index contributed by atoms with van der Waals surface area (Å²) < 4.78 is 57.8. The highest BCUT2D eigenvalue weighted by Crippen LogP contribution is 2.43. The Balaban J connectivity index is 1.48. The van der Waals surface area contributed by atoms with E-state index in [4.69, 9.17) is 13.8 Å². The molecule has 0 fully saturated rings. The van der Waals surface area contributed by atoms with Crippen molar-refractivity contribution in [3.63, 3.8) is 0 Å². The molecule has 182 valence electrons. The van der Waals surface area contributed by atoms with E-state index in [0.29, 0.717) is 16.9 Å². The third kappa shape index (κ3) is 4.40. The van der Waals surface area contributed by atoms with E-state index in [-0.39, 0.29) is 35.8 Å². The second kappa shape index (κ2) is 8.82. The lowest BCUT2D eigenvalue weighted by Gasteiger charge is -2.32. The molecule has 11 heteroatoms. The minimum Gasteiger partial charge on any atom is -0.491 e. The second-order valence-corrected chi connectivity index (χ2v) is 8.46. The van der Waals surface area contributed by atoms with E-state index in [1.165, 1.54) is 12.1 Å². The quantitative estimate of drug-likeness (QED) is 0.412. The molecule has 1 aliphatic rings. The number of aromatic nitrogens is 3. The molecule has 35 heavy (non-hydrogen) atoms. The smallest absolute Gasteiger partial charge is 0.422 e. The van der Waals surface area contributed by atoms with Crippen LogP contribution in [0.5, 0.6) is 5.75 Å². The monoisotopic (exact) mass is 486 g/mol. The van der Waals surface area contributed by atoms with Crippen LogP contribution >= 0.6 is 0 Å². The van der Waals surface area contributed by atoms with Crippen molar-refractivity contribution in [1.29, 1.82) is 0 Å². The van der Waals surface area contributed by atoms with Gasteiger partial charge in [-0.25, -0.2) is 0 Å². The van der Waals surface area contributed by atoms with Gasteiger partial charge in [-0.1, -0.05) is 66.6 Å². The molecule has 0 aliphatic carbocycles. The Kier molecular flexibility index (Phi) is 5.81. The first-order chi connectivity index (χ1) is 16.7. The first-order valence-corrected chi connectivity index (χ1v) is 10.9. The molecule has 0 saturated heterocycles. The van der Waals surface area contributed by atoms with Crippen molar-refractivity contribution in [1.82, 2.24) is 20.6 Å². The number of hydrogen-bond donors (Lipinski definition) is 2. The number of hydrogen-bond acceptors (Lipinski definition) is 8. The number of alkyl halides is 3. The number of rotatable bonds is 5. The normalized spacial score (nSPS) is 17.9. The number of halogens is 3. The summed E-state index contributed by atoms with van der Waals surface area (Å²) in [5.41, 5.74) is -0.195. The van der Waals surface area contributed by atoms with E-state index in [1.54, 1.807) is 36.4 Å². The van der Waals surface area contributed by atoms with Gasteiger partial charge >= 0.3 is 6.18 Å². The zero-order valence-electron chi connectivity index (χ0n) is 18.7. The molecule has 3 heterocycles. The number of benzene rings is 2. The summed E-state index contributed by atoms with van der Waals surface area (Å²) in [6.45, 7) is 4.20. The second-order valence-electron chi connectivity index (χ2n) is 8.46. The fourth-order valence-electron chi connectivity index (χ4n) is 4.02. The van der Waals surface area contributed by atoms with E-state index in [9.17, 15) is 18.3 Å². The van der Waals surface area contributed by atoms with E-state index < -0.39 is 29.5 Å². The maximum atomic E-state index is 13.9. The summed E-state index contributed by atoms with van der Waals surface area (Å²) in [5, 5.41) is 21.4. The van der Waals surface area contributed by atoms with Crippen LogP contribution in [0.3, 0.4) is 0 Å². The average molecular weight is 486 g/mol. The zero-order chi connectivity index (χ0) is 24.7. The molecule has 2 aromatic carbocycles. The standard InChI is InChI=1S/C24H21F3N4O4/c1-12(2)28-16-11-33-17-10-14(8-9-15(17)20(16)32)22-29-23(35-31-22)21-18(24(25,26)27)19(30-34-21)13-6-4-3-5-7-13/h3-10,12,16,20,28,32H,11H2,1-2H3/t16?,20-/m0/s1. The summed E-state index contributed by atoms with van der Waals surface area (Å²) in [6.07, 6.45) is -5.55. The Labute approximate surface area is 197 Å². The lowest BCUT2D eigenvalue weighted by Crippen LogP contribution is -2.45. The van der Waals surface area contributed by atoms with Gasteiger partial charge < -0.3 is 24.2 Å². The largest absolute Gasteiger partial charge is 0.491 e. The van der Waals surface area contributed by atoms with E-state index >= 15 is 0 Å². The Hall–Kier alpha value is -3.70. The number of aliphatic hydroxyl groups excluding tert-OH is 1. The maximum absolute atomic E-state index is 13.9. The van der Waals surface area contributed by atoms with Crippen molar-refractivity contribution in [2.24, 2.45) is 0 Å². The highest BCUT2D eigenvalue weighted by Gasteiger charge is 2.43. The molecule has 0 bridgehead atoms. The average Bonchev–Trinajstić information content (AvgIpc) is 3.48. The van der Waals surface area contributed by atoms with E-state index in [0.717, 1.165) is 0 Å². The summed E-state index contributed by atoms with van der Waals surface area (Å²) in [7, 11) is 0. The van der Waals surface area contributed by atoms with Crippen molar-refractivity contribution >= 4 is 0 Å². The number of nitrogens with one attached hydrogen (secondary N) is 1. The highest BCUT2D eigenvalue weighted by molar-refractivity contribution is 5.71. The van der Waals surface area contributed by atoms with Crippen molar-refractivity contribution in [3.05, 3.63) is 59.7 Å². The minimum absolute atomic E-state index is 0.0362. The van der Waals surface area contributed by atoms with Gasteiger partial charge in [-0.15, -0.1) is 0 Å². The van der Waals surface area contributed by atoms with E-state index in [2.05, 4.69) is 20.6 Å². The van der Waals surface area contributed by atoms with Crippen molar-refractivity contribution in [2.45, 2.75) is 38.2 Å². The van der Waals surface area contributed by atoms with Crippen LogP contribution in [0.25, 0.3) is 34.3 Å². The lowest BCUT2D eigenvalue weighted by molar-refractivity contribution is -0.136. The first kappa shape index (κ1) is 23.1. The van der Waals surface area contributed by atoms with Crippen LogP contribution in [-0.2, 0) is 6.18 Å². The van der Waals surface area contributed by atoms with Crippen molar-refractivity contribution in [2.75, 3.05) is 6.61 Å². The molecule has 5 rings (SSSR count). The van der Waals surface area contributed by atoms with Gasteiger partial charge in [-0.05, 0) is 6.07 Å². The number of fused-ring (bicyclic) bond motifs is 1. The molecule has 0 radical (unpaired) electrons. The van der Waals surface area contributed by atoms with Crippen LogP contribution in [0.4, 0.5) is 13.2 Å². The molecule has 8 nitrogen and oxygen atoms in total. The van der Waals surface area contributed by atoms with Gasteiger partial charge in [0.2, 0.25) is 11.6 Å². The van der Waals surface area contributed by atoms with Crippen LogP contribution in [0.2, 0.25) is 0 Å². The van der Waals surface area contributed by atoms with Crippen molar-refractivity contribution < 1.29 is 32.1 Å². The molecule has 0 saturated carbocycles. The maximum Gasteiger partial charge on any atom is 0.422 e. The van der Waals surface area contributed by atoms with Crippen LogP contribution in [0.1, 0.15) is 31.1 Å². The number of aliphatic hydroxyl groups is 1. The summed E-state index contributed by atoms with van der Waals surface area (Å²) in [4.78, 5) is 4.11. The summed E-state index contributed by atoms with van der Waals surface area (Å²) in [6, 6.07) is 12.7. The molecule has 2 atom stereocenters. The third-order valence-corrected chi connectivity index (χ3v) is 5.58. The topological polar surface area (TPSA) is 106 Å². The Bertz CT molecular complexity index is 1330. The SMILES string of the molecule is CC(C)NC1COc2cc(-c3noc(-c4onc(-c5ccccc5)c4C(F)(F)F)n3)ccc2[C@@H]1O. The third-order valence-electron chi connectivity index (χ3n) is 5.58. The van der Waals surface area contributed by atoms with E-state index in [1.807, 2.05) is 13.8 Å². The first-order valence-electron chi connectivity index (χ1n) is 10.9. The van der Waals surface area contributed by atoms with Gasteiger partial charge in [-0.2, -0.15) is 18.2 Å². The fourth-order valence-corrected chi connectivity index (χ4v) is 4.02. The summed E-state index contributed by atoms with van der Waals surface area (Å²) in [5.74, 6) is -0.650. The molecule has 4 aromatic rings. The Morgan fingerprint density at radius 1 is 1.03 bits per heavy atom. The number of ether oxygens (including phenoxy) is 1. The molecular formula is C24H21F3N4O4. The Morgan fingerprint density at radius 3 is 2.51 bits per heavy atom. The van der Waals surface area contributed by atoms with Crippen LogP contribution in [0.15, 0.2) is 57.6 Å². The lowest BCUT2D eigenvalue weighted by atomic mass is 9.97. The highest BCUT2D eigenvalue weighted by atomic mass is 19.4. The van der Waals surface area contributed by atoms with Gasteiger partial charge in [-0.3, -0.25) is 0 Å². The van der Waals surface area contributed by atoms with Gasteiger partial charge in [0.15, 0.2) is 0 Å². The predicted octanol–water partition coefficient (Wildman–Crippen LogP) is 4.87. The molecule has 0 amide bonds. The van der Waals surface area contributed by atoms with Crippen LogP contribution in [0, 0.1) is 0 Å². The molecular weight excluding hydrogens is 465 g/mol. The van der Waals surface area contributed by atoms with Crippen LogP contribution in [-0.4, -0.2) is 39.1 Å². The zero-order valence-corrected chi connectivity index (χ0v) is 18.7. The fraction of sp³-hybridized carbons (Fsp3) is 0.292. The predicted molar refractivity (Wildman–Crippen MR) is 118 cm³/mol. The van der Waals surface area contributed by atoms with Crippen molar-refractivity contribution in [3.8, 4) is 40.0 Å².